The summed E-state index contributed by atoms with van der Waals surface area (Å²) in [6, 6.07) is 16.2. The van der Waals surface area contributed by atoms with Crippen LogP contribution in [0.5, 0.6) is 5.75 Å². The summed E-state index contributed by atoms with van der Waals surface area (Å²) >= 11 is 0. The molecule has 0 saturated carbocycles. The zero-order chi connectivity index (χ0) is 18.1. The Morgan fingerprint density at radius 1 is 1.08 bits per heavy atom. The molecule has 6 nitrogen and oxygen atoms in total. The third kappa shape index (κ3) is 6.18. The second-order valence-electron chi connectivity index (χ2n) is 5.50. The molecule has 0 heterocycles. The number of urea groups is 1. The van der Waals surface area contributed by atoms with Crippen molar-refractivity contribution in [3.8, 4) is 5.75 Å². The Bertz CT molecular complexity index is 704. The largest absolute Gasteiger partial charge is 0.484 e. The van der Waals surface area contributed by atoms with Gasteiger partial charge in [0.25, 0.3) is 5.91 Å². The molecule has 0 bridgehead atoms. The van der Waals surface area contributed by atoms with E-state index in [9.17, 15) is 9.59 Å². The van der Waals surface area contributed by atoms with Crippen LogP contribution in [0.25, 0.3) is 0 Å². The third-order valence-corrected chi connectivity index (χ3v) is 3.48. The number of likely N-dealkylation sites (N-methyl/N-ethyl adjacent to an activating group) is 1. The highest BCUT2D eigenvalue weighted by atomic mass is 16.5. The number of anilines is 1. The van der Waals surface area contributed by atoms with Gasteiger partial charge < -0.3 is 20.7 Å². The molecule has 6 heteroatoms. The van der Waals surface area contributed by atoms with E-state index in [4.69, 9.17) is 4.74 Å². The van der Waals surface area contributed by atoms with Crippen molar-refractivity contribution < 1.29 is 14.3 Å². The Kier molecular flexibility index (Phi) is 6.83. The van der Waals surface area contributed by atoms with E-state index in [2.05, 4.69) is 16.0 Å². The van der Waals surface area contributed by atoms with Crippen molar-refractivity contribution >= 4 is 17.6 Å². The van der Waals surface area contributed by atoms with Gasteiger partial charge in [-0.1, -0.05) is 36.4 Å². The van der Waals surface area contributed by atoms with Gasteiger partial charge in [-0.2, -0.15) is 0 Å². The minimum absolute atomic E-state index is 0.0610. The summed E-state index contributed by atoms with van der Waals surface area (Å²) in [5.41, 5.74) is 1.61. The molecule has 3 N–H and O–H groups in total. The van der Waals surface area contributed by atoms with Crippen LogP contribution in [0.1, 0.15) is 25.5 Å². The number of carbonyl (C=O) groups excluding carboxylic acids is 2. The molecule has 1 unspecified atom stereocenters. The normalized spacial score (nSPS) is 11.3. The maximum atomic E-state index is 12.1. The number of ether oxygens (including phenoxy) is 1. The molecule has 0 aliphatic carbocycles. The fraction of sp³-hybridized carbons (Fsp3) is 0.263. The zero-order valence-corrected chi connectivity index (χ0v) is 14.4. The number of amides is 3. The first-order valence-electron chi connectivity index (χ1n) is 8.20. The van der Waals surface area contributed by atoms with Gasteiger partial charge in [0.05, 0.1) is 6.04 Å². The molecule has 25 heavy (non-hydrogen) atoms. The molecular weight excluding hydrogens is 318 g/mol. The number of hydrogen-bond acceptors (Lipinski definition) is 3. The van der Waals surface area contributed by atoms with Crippen LogP contribution >= 0.6 is 0 Å². The van der Waals surface area contributed by atoms with Gasteiger partial charge in [0.1, 0.15) is 5.75 Å². The van der Waals surface area contributed by atoms with E-state index in [0.717, 1.165) is 5.56 Å². The molecule has 0 aliphatic heterocycles. The first-order chi connectivity index (χ1) is 12.1. The van der Waals surface area contributed by atoms with Crippen molar-refractivity contribution in [2.24, 2.45) is 0 Å². The van der Waals surface area contributed by atoms with Gasteiger partial charge in [-0.05, 0) is 31.5 Å². The average Bonchev–Trinajstić information content (AvgIpc) is 2.61. The van der Waals surface area contributed by atoms with Gasteiger partial charge in [-0.15, -0.1) is 0 Å². The predicted octanol–water partition coefficient (Wildman–Crippen LogP) is 3.08. The fourth-order valence-corrected chi connectivity index (χ4v) is 2.25. The Hall–Kier alpha value is -3.02. The topological polar surface area (TPSA) is 79.5 Å². The van der Waals surface area contributed by atoms with Crippen LogP contribution in [0.2, 0.25) is 0 Å². The van der Waals surface area contributed by atoms with Crippen LogP contribution in [-0.2, 0) is 4.79 Å². The van der Waals surface area contributed by atoms with E-state index in [1.807, 2.05) is 44.2 Å². The second-order valence-corrected chi connectivity index (χ2v) is 5.50. The number of benzene rings is 2. The quantitative estimate of drug-likeness (QED) is 0.724. The third-order valence-electron chi connectivity index (χ3n) is 3.48. The Morgan fingerprint density at radius 2 is 1.84 bits per heavy atom. The molecule has 0 saturated heterocycles. The first kappa shape index (κ1) is 18.3. The summed E-state index contributed by atoms with van der Waals surface area (Å²) in [7, 11) is 0. The lowest BCUT2D eigenvalue weighted by Gasteiger charge is -2.15. The van der Waals surface area contributed by atoms with Crippen molar-refractivity contribution in [2.75, 3.05) is 18.5 Å². The van der Waals surface area contributed by atoms with Gasteiger partial charge in [-0.3, -0.25) is 4.79 Å². The standard InChI is InChI=1S/C19H23N3O3/c1-3-20-18(23)13-25-17-11-7-10-16(12-17)22-19(24)21-14(2)15-8-5-4-6-9-15/h4-12,14H,3,13H2,1-2H3,(H,20,23)(H2,21,22,24). The molecule has 1 atom stereocenters. The Balaban J connectivity index is 1.88. The molecule has 2 aromatic rings. The summed E-state index contributed by atoms with van der Waals surface area (Å²) in [5.74, 6) is 0.329. The molecule has 2 aromatic carbocycles. The maximum Gasteiger partial charge on any atom is 0.319 e. The highest BCUT2D eigenvalue weighted by Gasteiger charge is 2.09. The molecule has 3 amide bonds. The van der Waals surface area contributed by atoms with Crippen molar-refractivity contribution in [3.63, 3.8) is 0 Å². The average molecular weight is 341 g/mol. The lowest BCUT2D eigenvalue weighted by atomic mass is 10.1. The number of rotatable bonds is 7. The highest BCUT2D eigenvalue weighted by molar-refractivity contribution is 5.89. The van der Waals surface area contributed by atoms with Crippen LogP contribution in [0.3, 0.4) is 0 Å². The number of hydrogen-bond donors (Lipinski definition) is 3. The molecule has 0 fully saturated rings. The van der Waals surface area contributed by atoms with Gasteiger partial charge in [-0.25, -0.2) is 4.79 Å². The summed E-state index contributed by atoms with van der Waals surface area (Å²) in [6.45, 7) is 4.26. The molecule has 0 aromatic heterocycles. The Morgan fingerprint density at radius 3 is 2.56 bits per heavy atom. The van der Waals surface area contributed by atoms with Crippen molar-refractivity contribution in [1.29, 1.82) is 0 Å². The summed E-state index contributed by atoms with van der Waals surface area (Å²) in [5, 5.41) is 8.30. The van der Waals surface area contributed by atoms with E-state index >= 15 is 0 Å². The van der Waals surface area contributed by atoms with E-state index < -0.39 is 0 Å². The molecular formula is C19H23N3O3. The lowest BCUT2D eigenvalue weighted by molar-refractivity contribution is -0.122. The van der Waals surface area contributed by atoms with E-state index in [1.54, 1.807) is 24.3 Å². The van der Waals surface area contributed by atoms with Crippen LogP contribution in [0.4, 0.5) is 10.5 Å². The fourth-order valence-electron chi connectivity index (χ4n) is 2.25. The highest BCUT2D eigenvalue weighted by Crippen LogP contribution is 2.18. The molecule has 2 rings (SSSR count). The van der Waals surface area contributed by atoms with Crippen molar-refractivity contribution in [1.82, 2.24) is 10.6 Å². The molecule has 0 aliphatic rings. The van der Waals surface area contributed by atoms with E-state index in [1.165, 1.54) is 0 Å². The van der Waals surface area contributed by atoms with Crippen LogP contribution in [0, 0.1) is 0 Å². The van der Waals surface area contributed by atoms with Crippen molar-refractivity contribution in [2.45, 2.75) is 19.9 Å². The zero-order valence-electron chi connectivity index (χ0n) is 14.4. The second kappa shape index (κ2) is 9.32. The minimum atomic E-state index is -0.308. The number of nitrogens with one attached hydrogen (secondary N) is 3. The maximum absolute atomic E-state index is 12.1. The van der Waals surface area contributed by atoms with Crippen LogP contribution in [-0.4, -0.2) is 25.1 Å². The number of carbonyl (C=O) groups is 2. The Labute approximate surface area is 147 Å². The molecule has 0 radical (unpaired) electrons. The molecule has 132 valence electrons. The summed E-state index contributed by atoms with van der Waals surface area (Å²) in [4.78, 5) is 23.6. The predicted molar refractivity (Wildman–Crippen MR) is 97.6 cm³/mol. The summed E-state index contributed by atoms with van der Waals surface area (Å²) in [6.07, 6.45) is 0. The van der Waals surface area contributed by atoms with Gasteiger partial charge in [0, 0.05) is 18.3 Å². The van der Waals surface area contributed by atoms with Gasteiger partial charge in [0.15, 0.2) is 6.61 Å². The first-order valence-corrected chi connectivity index (χ1v) is 8.20. The summed E-state index contributed by atoms with van der Waals surface area (Å²) < 4.78 is 5.41. The molecule has 0 spiro atoms. The smallest absolute Gasteiger partial charge is 0.319 e. The van der Waals surface area contributed by atoms with Crippen LogP contribution in [0.15, 0.2) is 54.6 Å². The lowest BCUT2D eigenvalue weighted by Crippen LogP contribution is -2.31. The van der Waals surface area contributed by atoms with Crippen molar-refractivity contribution in [3.05, 3.63) is 60.2 Å². The van der Waals surface area contributed by atoms with Crippen LogP contribution < -0.4 is 20.7 Å². The minimum Gasteiger partial charge on any atom is -0.484 e. The van der Waals surface area contributed by atoms with Gasteiger partial charge >= 0.3 is 6.03 Å². The van der Waals surface area contributed by atoms with Gasteiger partial charge in [0.2, 0.25) is 0 Å². The van der Waals surface area contributed by atoms with E-state index in [0.29, 0.717) is 18.0 Å². The van der Waals surface area contributed by atoms with E-state index in [-0.39, 0.29) is 24.6 Å². The monoisotopic (exact) mass is 341 g/mol. The SMILES string of the molecule is CCNC(=O)COc1cccc(NC(=O)NC(C)c2ccccc2)c1.